The molecule has 158 valence electrons. The van der Waals surface area contributed by atoms with E-state index in [0.717, 1.165) is 30.0 Å². The fourth-order valence-corrected chi connectivity index (χ4v) is 4.34. The highest BCUT2D eigenvalue weighted by atomic mass is 32.1. The first kappa shape index (κ1) is 22.0. The molecule has 3 aromatic rings. The Morgan fingerprint density at radius 1 is 1.27 bits per heavy atom. The van der Waals surface area contributed by atoms with Crippen molar-refractivity contribution in [2.45, 2.75) is 33.2 Å². The van der Waals surface area contributed by atoms with Gasteiger partial charge in [-0.05, 0) is 50.2 Å². The van der Waals surface area contributed by atoms with E-state index in [9.17, 15) is 4.79 Å². The van der Waals surface area contributed by atoms with Gasteiger partial charge in [-0.25, -0.2) is 4.79 Å². The van der Waals surface area contributed by atoms with E-state index in [1.807, 2.05) is 41.9 Å². The molecule has 0 amide bonds. The van der Waals surface area contributed by atoms with Crippen LogP contribution in [0.5, 0.6) is 0 Å². The van der Waals surface area contributed by atoms with E-state index in [0.29, 0.717) is 28.8 Å². The van der Waals surface area contributed by atoms with Crippen molar-refractivity contribution in [3.63, 3.8) is 0 Å². The molecule has 0 spiro atoms. The third-order valence-electron chi connectivity index (χ3n) is 4.49. The predicted octanol–water partition coefficient (Wildman–Crippen LogP) is 4.40. The van der Waals surface area contributed by atoms with Gasteiger partial charge in [0.25, 0.3) is 0 Å². The lowest BCUT2D eigenvalue weighted by molar-refractivity contribution is 0.0528. The van der Waals surface area contributed by atoms with E-state index in [2.05, 4.69) is 27.9 Å². The van der Waals surface area contributed by atoms with Crippen LogP contribution >= 0.6 is 23.6 Å². The molecule has 0 aliphatic carbocycles. The number of nitrogens with one attached hydrogen (secondary N) is 2. The zero-order chi connectivity index (χ0) is 21.3. The van der Waals surface area contributed by atoms with Crippen molar-refractivity contribution in [3.05, 3.63) is 70.4 Å². The first-order chi connectivity index (χ1) is 14.6. The normalized spacial score (nSPS) is 10.6. The Morgan fingerprint density at radius 3 is 2.77 bits per heavy atom. The average molecular weight is 443 g/mol. The van der Waals surface area contributed by atoms with E-state index in [1.54, 1.807) is 13.1 Å². The van der Waals surface area contributed by atoms with Crippen molar-refractivity contribution < 1.29 is 9.53 Å². The van der Waals surface area contributed by atoms with E-state index < -0.39 is 0 Å². The number of aromatic nitrogens is 2. The lowest BCUT2D eigenvalue weighted by atomic mass is 10.1. The third-order valence-corrected chi connectivity index (χ3v) is 5.78. The zero-order valence-corrected chi connectivity index (χ0v) is 18.8. The van der Waals surface area contributed by atoms with Crippen molar-refractivity contribution >= 4 is 39.6 Å². The highest BCUT2D eigenvalue weighted by Crippen LogP contribution is 2.30. The number of carbonyl (C=O) groups is 1. The molecule has 2 aromatic heterocycles. The molecule has 2 N–H and O–H groups in total. The number of thiophene rings is 1. The number of hydrogen-bond donors (Lipinski definition) is 2. The van der Waals surface area contributed by atoms with Gasteiger partial charge in [-0.2, -0.15) is 5.10 Å². The Hall–Kier alpha value is -2.71. The molecular weight excluding hydrogens is 416 g/mol. The highest BCUT2D eigenvalue weighted by Gasteiger charge is 2.18. The number of ether oxygens (including phenoxy) is 1. The summed E-state index contributed by atoms with van der Waals surface area (Å²) < 4.78 is 7.18. The average Bonchev–Trinajstić information content (AvgIpc) is 3.32. The minimum atomic E-state index is -0.340. The van der Waals surface area contributed by atoms with Gasteiger partial charge in [-0.3, -0.25) is 4.68 Å². The van der Waals surface area contributed by atoms with E-state index >= 15 is 0 Å². The lowest BCUT2D eigenvalue weighted by Gasteiger charge is -2.11. The van der Waals surface area contributed by atoms with Gasteiger partial charge in [-0.1, -0.05) is 30.3 Å². The minimum Gasteiger partial charge on any atom is -0.462 e. The first-order valence-electron chi connectivity index (χ1n) is 9.94. The molecule has 0 radical (unpaired) electrons. The minimum absolute atomic E-state index is 0.331. The lowest BCUT2D eigenvalue weighted by Crippen LogP contribution is -2.30. The van der Waals surface area contributed by atoms with Crippen LogP contribution in [0.1, 0.15) is 39.8 Å². The van der Waals surface area contributed by atoms with Gasteiger partial charge < -0.3 is 15.4 Å². The number of hydrogen-bond acceptors (Lipinski definition) is 5. The molecule has 0 atom stereocenters. The second kappa shape index (κ2) is 10.9. The summed E-state index contributed by atoms with van der Waals surface area (Å²) in [4.78, 5) is 13.5. The first-order valence-corrected chi connectivity index (χ1v) is 11.2. The Balaban J connectivity index is 1.60. The number of benzene rings is 1. The molecule has 0 saturated heterocycles. The Morgan fingerprint density at radius 2 is 2.07 bits per heavy atom. The highest BCUT2D eigenvalue weighted by molar-refractivity contribution is 7.80. The van der Waals surface area contributed by atoms with Gasteiger partial charge in [0.15, 0.2) is 5.11 Å². The van der Waals surface area contributed by atoms with Crippen LogP contribution < -0.4 is 10.6 Å². The van der Waals surface area contributed by atoms with Gasteiger partial charge in [0.05, 0.1) is 12.2 Å². The molecule has 0 aliphatic heterocycles. The van der Waals surface area contributed by atoms with Crippen LogP contribution in [0.4, 0.5) is 5.00 Å². The van der Waals surface area contributed by atoms with E-state index in [1.165, 1.54) is 16.9 Å². The standard InChI is InChI=1S/C22H26N4O2S2/c1-3-28-21(27)19-15-18(14-17-8-5-4-6-9-17)30-20(19)25-22(29)23-11-7-13-26-16(2)10-12-24-26/h4-6,8-10,12,15H,3,7,11,13-14H2,1-2H3,(H2,23,25,29). The number of nitrogens with zero attached hydrogens (tertiary/aromatic N) is 2. The van der Waals surface area contributed by atoms with Crippen LogP contribution in [0.15, 0.2) is 48.7 Å². The predicted molar refractivity (Wildman–Crippen MR) is 125 cm³/mol. The SMILES string of the molecule is CCOC(=O)c1cc(Cc2ccccc2)sc1NC(=S)NCCCn1nccc1C. The van der Waals surface area contributed by atoms with Crippen LogP contribution in [-0.2, 0) is 17.7 Å². The summed E-state index contributed by atoms with van der Waals surface area (Å²) in [6.07, 6.45) is 3.44. The molecule has 0 aliphatic rings. The van der Waals surface area contributed by atoms with Crippen molar-refractivity contribution in [1.29, 1.82) is 0 Å². The summed E-state index contributed by atoms with van der Waals surface area (Å²) in [7, 11) is 0. The van der Waals surface area contributed by atoms with Gasteiger partial charge in [0, 0.05) is 36.3 Å². The summed E-state index contributed by atoms with van der Waals surface area (Å²) in [6.45, 7) is 5.70. The van der Waals surface area contributed by atoms with Gasteiger partial charge in [0.1, 0.15) is 5.00 Å². The van der Waals surface area contributed by atoms with E-state index in [-0.39, 0.29) is 5.97 Å². The van der Waals surface area contributed by atoms with Crippen molar-refractivity contribution in [2.75, 3.05) is 18.5 Å². The van der Waals surface area contributed by atoms with Gasteiger partial charge >= 0.3 is 5.97 Å². The fraction of sp³-hybridized carbons (Fsp3) is 0.318. The molecule has 0 fully saturated rings. The number of rotatable bonds is 9. The summed E-state index contributed by atoms with van der Waals surface area (Å²) in [6, 6.07) is 14.0. The summed E-state index contributed by atoms with van der Waals surface area (Å²) in [5, 5.41) is 11.9. The Labute approximate surface area is 186 Å². The van der Waals surface area contributed by atoms with Crippen molar-refractivity contribution in [3.8, 4) is 0 Å². The molecule has 3 rings (SSSR count). The Bertz CT molecular complexity index is 982. The molecule has 30 heavy (non-hydrogen) atoms. The largest absolute Gasteiger partial charge is 0.462 e. The van der Waals surface area contributed by atoms with Crippen LogP contribution in [0.2, 0.25) is 0 Å². The topological polar surface area (TPSA) is 68.2 Å². The molecule has 0 unspecified atom stereocenters. The summed E-state index contributed by atoms with van der Waals surface area (Å²) >= 11 is 6.96. The molecular formula is C22H26N4O2S2. The number of carbonyl (C=O) groups excluding carboxylic acids is 1. The maximum atomic E-state index is 12.4. The van der Waals surface area contributed by atoms with Crippen LogP contribution in [0.25, 0.3) is 0 Å². The molecule has 1 aromatic carbocycles. The van der Waals surface area contributed by atoms with Crippen LogP contribution in [-0.4, -0.2) is 34.0 Å². The van der Waals surface area contributed by atoms with Crippen molar-refractivity contribution in [2.24, 2.45) is 0 Å². The molecule has 2 heterocycles. The summed E-state index contributed by atoms with van der Waals surface area (Å²) in [5.41, 5.74) is 2.85. The Kier molecular flexibility index (Phi) is 7.98. The third kappa shape index (κ3) is 6.14. The second-order valence-electron chi connectivity index (χ2n) is 6.77. The van der Waals surface area contributed by atoms with Crippen molar-refractivity contribution in [1.82, 2.24) is 15.1 Å². The molecule has 0 saturated carbocycles. The molecule has 8 heteroatoms. The number of aryl methyl sites for hydroxylation is 2. The second-order valence-corrected chi connectivity index (χ2v) is 8.31. The maximum absolute atomic E-state index is 12.4. The summed E-state index contributed by atoms with van der Waals surface area (Å²) in [5.74, 6) is -0.340. The number of esters is 1. The molecule has 6 nitrogen and oxygen atoms in total. The monoisotopic (exact) mass is 442 g/mol. The number of anilines is 1. The van der Waals surface area contributed by atoms with Gasteiger partial charge in [-0.15, -0.1) is 11.3 Å². The van der Waals surface area contributed by atoms with Crippen LogP contribution in [0.3, 0.4) is 0 Å². The smallest absolute Gasteiger partial charge is 0.341 e. The fourth-order valence-electron chi connectivity index (χ4n) is 2.99. The zero-order valence-electron chi connectivity index (χ0n) is 17.2. The maximum Gasteiger partial charge on any atom is 0.341 e. The molecule has 0 bridgehead atoms. The quantitative estimate of drug-likeness (QED) is 0.291. The number of thiocarbonyl (C=S) groups is 1. The van der Waals surface area contributed by atoms with Crippen LogP contribution in [0, 0.1) is 6.92 Å². The van der Waals surface area contributed by atoms with E-state index in [4.69, 9.17) is 17.0 Å². The van der Waals surface area contributed by atoms with Gasteiger partial charge in [0.2, 0.25) is 0 Å².